The van der Waals surface area contributed by atoms with Gasteiger partial charge in [-0.15, -0.1) is 0 Å². The van der Waals surface area contributed by atoms with Crippen molar-refractivity contribution < 1.29 is 22.7 Å². The Hall–Kier alpha value is -4.35. The van der Waals surface area contributed by atoms with Crippen molar-refractivity contribution >= 4 is 61.4 Å². The number of thiocarbonyl (C=S) groups is 1. The van der Waals surface area contributed by atoms with Gasteiger partial charge in [-0.3, -0.25) is 9.52 Å². The zero-order chi connectivity index (χ0) is 25.9. The molecule has 1 aromatic heterocycles. The number of nitrogens with one attached hydrogen (secondary N) is 2. The van der Waals surface area contributed by atoms with Crippen LogP contribution in [0.1, 0.15) is 26.3 Å². The van der Waals surface area contributed by atoms with E-state index in [2.05, 4.69) is 15.0 Å². The van der Waals surface area contributed by atoms with Crippen molar-refractivity contribution in [2.24, 2.45) is 5.73 Å². The van der Waals surface area contributed by atoms with Crippen molar-refractivity contribution in [3.63, 3.8) is 0 Å². The van der Waals surface area contributed by atoms with Gasteiger partial charge in [0.05, 0.1) is 23.3 Å². The van der Waals surface area contributed by atoms with Crippen LogP contribution in [0.4, 0.5) is 11.5 Å². The molecule has 0 aliphatic heterocycles. The number of rotatable bonds is 7. The van der Waals surface area contributed by atoms with Crippen molar-refractivity contribution in [3.8, 4) is 0 Å². The number of hydrogen-bond donors (Lipinski definition) is 3. The summed E-state index contributed by atoms with van der Waals surface area (Å²) in [7, 11) is -2.89. The molecular formula is C25H20N4O5S2. The van der Waals surface area contributed by atoms with Gasteiger partial charge in [0.1, 0.15) is 4.99 Å². The Kier molecular flexibility index (Phi) is 6.95. The fourth-order valence-corrected chi connectivity index (χ4v) is 4.57. The highest BCUT2D eigenvalue weighted by atomic mass is 32.2. The first-order valence-corrected chi connectivity index (χ1v) is 12.4. The number of hydrogen-bond acceptors (Lipinski definition) is 7. The van der Waals surface area contributed by atoms with Gasteiger partial charge in [-0.05, 0) is 41.1 Å². The zero-order valence-electron chi connectivity index (χ0n) is 18.9. The normalized spacial score (nSPS) is 11.0. The lowest BCUT2D eigenvalue weighted by atomic mass is 10.1. The smallest absolute Gasteiger partial charge is 0.339 e. The Bertz CT molecular complexity index is 1600. The van der Waals surface area contributed by atoms with Crippen LogP contribution >= 0.6 is 12.2 Å². The number of pyridine rings is 1. The van der Waals surface area contributed by atoms with Gasteiger partial charge < -0.3 is 15.8 Å². The molecule has 3 aromatic carbocycles. The molecule has 0 aliphatic carbocycles. The summed E-state index contributed by atoms with van der Waals surface area (Å²) in [5.74, 6) is -1.45. The lowest BCUT2D eigenvalue weighted by molar-refractivity contribution is 0.0600. The molecule has 0 fully saturated rings. The maximum atomic E-state index is 13.2. The van der Waals surface area contributed by atoms with Crippen molar-refractivity contribution in [2.45, 2.75) is 4.90 Å². The molecule has 1 amide bonds. The molecule has 182 valence electrons. The number of aromatic nitrogens is 1. The van der Waals surface area contributed by atoms with Gasteiger partial charge in [0.15, 0.2) is 5.82 Å². The van der Waals surface area contributed by atoms with E-state index >= 15 is 0 Å². The molecule has 0 spiro atoms. The molecule has 0 radical (unpaired) electrons. The summed E-state index contributed by atoms with van der Waals surface area (Å²) in [6, 6.07) is 19.5. The van der Waals surface area contributed by atoms with E-state index in [0.717, 1.165) is 17.0 Å². The summed E-state index contributed by atoms with van der Waals surface area (Å²) < 4.78 is 33.4. The number of ether oxygens (including phenoxy) is 1. The second kappa shape index (κ2) is 10.1. The first kappa shape index (κ1) is 24.8. The summed E-state index contributed by atoms with van der Waals surface area (Å²) in [6.45, 7) is 0. The summed E-state index contributed by atoms with van der Waals surface area (Å²) in [4.78, 5) is 29.2. The Balaban J connectivity index is 1.68. The Morgan fingerprint density at radius 1 is 0.917 bits per heavy atom. The largest absolute Gasteiger partial charge is 0.465 e. The van der Waals surface area contributed by atoms with Crippen LogP contribution in [-0.2, 0) is 14.8 Å². The number of carbonyl (C=O) groups excluding carboxylic acids is 2. The number of benzene rings is 3. The monoisotopic (exact) mass is 520 g/mol. The fourth-order valence-electron chi connectivity index (χ4n) is 3.37. The molecule has 0 saturated heterocycles. The van der Waals surface area contributed by atoms with Gasteiger partial charge in [0.2, 0.25) is 0 Å². The average molecular weight is 521 g/mol. The second-order valence-electron chi connectivity index (χ2n) is 7.62. The average Bonchev–Trinajstić information content (AvgIpc) is 2.88. The number of amides is 1. The number of nitrogens with two attached hydrogens (primary N) is 1. The molecule has 11 heteroatoms. The molecule has 0 atom stereocenters. The molecule has 0 bridgehead atoms. The van der Waals surface area contributed by atoms with E-state index < -0.39 is 21.9 Å². The van der Waals surface area contributed by atoms with Crippen molar-refractivity contribution in [3.05, 3.63) is 95.7 Å². The van der Waals surface area contributed by atoms with E-state index in [4.69, 9.17) is 22.7 Å². The first-order valence-electron chi connectivity index (χ1n) is 10.5. The lowest BCUT2D eigenvalue weighted by Crippen LogP contribution is -2.19. The predicted molar refractivity (Wildman–Crippen MR) is 141 cm³/mol. The number of methoxy groups -OCH3 is 1. The summed E-state index contributed by atoms with van der Waals surface area (Å²) in [5, 5.41) is 4.22. The van der Waals surface area contributed by atoms with E-state index in [1.54, 1.807) is 30.3 Å². The number of nitrogens with zero attached hydrogens (tertiary/aromatic N) is 1. The maximum Gasteiger partial charge on any atom is 0.339 e. The van der Waals surface area contributed by atoms with Gasteiger partial charge in [-0.25, -0.2) is 18.2 Å². The quantitative estimate of drug-likeness (QED) is 0.247. The van der Waals surface area contributed by atoms with Crippen LogP contribution in [0.2, 0.25) is 0 Å². The van der Waals surface area contributed by atoms with Gasteiger partial charge >= 0.3 is 5.97 Å². The Morgan fingerprint density at radius 3 is 2.25 bits per heavy atom. The van der Waals surface area contributed by atoms with E-state index in [-0.39, 0.29) is 32.5 Å². The van der Waals surface area contributed by atoms with Crippen LogP contribution in [0.5, 0.6) is 0 Å². The summed E-state index contributed by atoms with van der Waals surface area (Å²) in [5.41, 5.74) is 6.41. The summed E-state index contributed by atoms with van der Waals surface area (Å²) >= 11 is 4.92. The van der Waals surface area contributed by atoms with Crippen LogP contribution in [-0.4, -0.2) is 37.4 Å². The second-order valence-corrected chi connectivity index (χ2v) is 9.74. The van der Waals surface area contributed by atoms with Crippen LogP contribution in [0.15, 0.2) is 83.9 Å². The number of sulfonamides is 1. The van der Waals surface area contributed by atoms with Gasteiger partial charge in [-0.1, -0.05) is 54.7 Å². The van der Waals surface area contributed by atoms with E-state index in [1.165, 1.54) is 37.4 Å². The van der Waals surface area contributed by atoms with Gasteiger partial charge in [0.25, 0.3) is 15.9 Å². The van der Waals surface area contributed by atoms with E-state index in [9.17, 15) is 18.0 Å². The molecule has 4 aromatic rings. The highest BCUT2D eigenvalue weighted by Crippen LogP contribution is 2.26. The molecule has 4 N–H and O–H groups in total. The minimum atomic E-state index is -4.09. The zero-order valence-corrected chi connectivity index (χ0v) is 20.5. The standard InChI is InChI=1S/C25H20N4O5S2/c1-34-25(31)19-13-21(28-24(30)17-8-6-16(7-9-17)22(26)35)23(27-14-19)29-36(32,33)20-11-10-15-4-2-3-5-18(15)12-20/h2-14H,1H3,(H2,26,35)(H,27,29)(H,28,30). The van der Waals surface area contributed by atoms with Crippen LogP contribution in [0.25, 0.3) is 10.8 Å². The molecule has 9 nitrogen and oxygen atoms in total. The van der Waals surface area contributed by atoms with Crippen LogP contribution in [0, 0.1) is 0 Å². The van der Waals surface area contributed by atoms with Gasteiger partial charge in [0, 0.05) is 17.3 Å². The Morgan fingerprint density at radius 2 is 1.58 bits per heavy atom. The third-order valence-electron chi connectivity index (χ3n) is 5.25. The first-order chi connectivity index (χ1) is 17.2. The molecular weight excluding hydrogens is 500 g/mol. The minimum absolute atomic E-state index is 0.00524. The minimum Gasteiger partial charge on any atom is -0.465 e. The summed E-state index contributed by atoms with van der Waals surface area (Å²) in [6.07, 6.45) is 1.15. The van der Waals surface area contributed by atoms with Crippen molar-refractivity contribution in [2.75, 3.05) is 17.1 Å². The predicted octanol–water partition coefficient (Wildman–Crippen LogP) is 3.71. The fraction of sp³-hybridized carbons (Fsp3) is 0.0400. The maximum absolute atomic E-state index is 13.2. The third-order valence-corrected chi connectivity index (χ3v) is 6.82. The highest BCUT2D eigenvalue weighted by molar-refractivity contribution is 7.92. The SMILES string of the molecule is COC(=O)c1cnc(NS(=O)(=O)c2ccc3ccccc3c2)c(NC(=O)c2ccc(C(N)=S)cc2)c1. The Labute approximate surface area is 212 Å². The number of fused-ring (bicyclic) bond motifs is 1. The highest BCUT2D eigenvalue weighted by Gasteiger charge is 2.21. The van der Waals surface area contributed by atoms with Crippen molar-refractivity contribution in [1.82, 2.24) is 4.98 Å². The van der Waals surface area contributed by atoms with E-state index in [1.807, 2.05) is 12.1 Å². The lowest BCUT2D eigenvalue weighted by Gasteiger charge is -2.14. The molecule has 0 aliphatic rings. The van der Waals surface area contributed by atoms with Crippen LogP contribution < -0.4 is 15.8 Å². The van der Waals surface area contributed by atoms with Crippen LogP contribution in [0.3, 0.4) is 0 Å². The topological polar surface area (TPSA) is 140 Å². The van der Waals surface area contributed by atoms with E-state index in [0.29, 0.717) is 5.56 Å². The number of anilines is 2. The molecule has 1 heterocycles. The molecule has 36 heavy (non-hydrogen) atoms. The molecule has 4 rings (SSSR count). The van der Waals surface area contributed by atoms with Gasteiger partial charge in [-0.2, -0.15) is 0 Å². The number of carbonyl (C=O) groups is 2. The molecule has 0 saturated carbocycles. The molecule has 0 unspecified atom stereocenters. The van der Waals surface area contributed by atoms with Crippen molar-refractivity contribution in [1.29, 1.82) is 0 Å². The number of esters is 1. The third kappa shape index (κ3) is 5.32.